The van der Waals surface area contributed by atoms with Crippen LogP contribution in [0.1, 0.15) is 21.7 Å². The van der Waals surface area contributed by atoms with E-state index in [9.17, 15) is 10.5 Å². The zero-order chi connectivity index (χ0) is 21.8. The number of thiazole rings is 1. The lowest BCUT2D eigenvalue weighted by molar-refractivity contribution is 1.11. The Morgan fingerprint density at radius 2 is 1.65 bits per heavy atom. The molecule has 0 unspecified atom stereocenters. The first kappa shape index (κ1) is 20.6. The van der Waals surface area contributed by atoms with Gasteiger partial charge in [0.15, 0.2) is 0 Å². The Morgan fingerprint density at radius 1 is 0.935 bits per heavy atom. The second-order valence-electron chi connectivity index (χ2n) is 6.80. The van der Waals surface area contributed by atoms with Crippen LogP contribution in [0, 0.1) is 29.6 Å². The van der Waals surface area contributed by atoms with Crippen LogP contribution in [0.25, 0.3) is 22.4 Å². The van der Waals surface area contributed by atoms with Crippen LogP contribution in [0.5, 0.6) is 0 Å². The normalized spacial score (nSPS) is 10.4. The van der Waals surface area contributed by atoms with Crippen LogP contribution >= 0.6 is 23.1 Å². The number of hydrogen-bond acceptors (Lipinski definition) is 7. The molecular formula is C24H17N5S2. The number of thioether (sulfide) groups is 1. The smallest absolute Gasteiger partial charge is 0.143 e. The third-order valence-electron chi connectivity index (χ3n) is 4.71. The minimum atomic E-state index is 0.128. The van der Waals surface area contributed by atoms with Crippen LogP contribution in [0.4, 0.5) is 5.82 Å². The zero-order valence-corrected chi connectivity index (χ0v) is 18.3. The van der Waals surface area contributed by atoms with Crippen molar-refractivity contribution < 1.29 is 0 Å². The summed E-state index contributed by atoms with van der Waals surface area (Å²) < 4.78 is 0. The summed E-state index contributed by atoms with van der Waals surface area (Å²) in [5.74, 6) is 0.682. The Hall–Kier alpha value is -3.65. The van der Waals surface area contributed by atoms with Gasteiger partial charge in [-0.3, -0.25) is 0 Å². The molecule has 2 aromatic heterocycles. The molecule has 7 heteroatoms. The fraction of sp³-hybridized carbons (Fsp3) is 0.0833. The molecule has 0 bridgehead atoms. The van der Waals surface area contributed by atoms with E-state index in [0.29, 0.717) is 21.9 Å². The molecule has 31 heavy (non-hydrogen) atoms. The van der Waals surface area contributed by atoms with E-state index in [4.69, 9.17) is 10.7 Å². The number of rotatable bonds is 5. The minimum absolute atomic E-state index is 0.128. The molecule has 0 amide bonds. The molecule has 2 N–H and O–H groups in total. The third-order valence-corrected chi connectivity index (χ3v) is 6.73. The molecule has 2 heterocycles. The van der Waals surface area contributed by atoms with Gasteiger partial charge in [0.1, 0.15) is 33.6 Å². The zero-order valence-electron chi connectivity index (χ0n) is 16.7. The van der Waals surface area contributed by atoms with Crippen LogP contribution in [-0.4, -0.2) is 9.97 Å². The van der Waals surface area contributed by atoms with Crippen molar-refractivity contribution in [3.63, 3.8) is 0 Å². The summed E-state index contributed by atoms with van der Waals surface area (Å²) in [5, 5.41) is 23.0. The summed E-state index contributed by atoms with van der Waals surface area (Å²) in [5.41, 5.74) is 11.1. The highest BCUT2D eigenvalue weighted by Crippen LogP contribution is 2.37. The predicted octanol–water partition coefficient (Wildman–Crippen LogP) is 5.80. The molecule has 0 radical (unpaired) electrons. The molecular weight excluding hydrogens is 422 g/mol. The quantitative estimate of drug-likeness (QED) is 0.395. The van der Waals surface area contributed by atoms with Crippen molar-refractivity contribution in [1.82, 2.24) is 9.97 Å². The number of nitrogen functional groups attached to an aromatic ring is 1. The van der Waals surface area contributed by atoms with Crippen molar-refractivity contribution in [1.29, 1.82) is 10.5 Å². The van der Waals surface area contributed by atoms with Crippen LogP contribution < -0.4 is 5.73 Å². The number of aromatic nitrogens is 2. The minimum Gasteiger partial charge on any atom is -0.383 e. The molecule has 0 saturated heterocycles. The maximum absolute atomic E-state index is 9.91. The fourth-order valence-corrected chi connectivity index (χ4v) is 4.98. The Morgan fingerprint density at radius 3 is 2.32 bits per heavy atom. The molecule has 150 valence electrons. The van der Waals surface area contributed by atoms with Gasteiger partial charge in [0, 0.05) is 16.5 Å². The van der Waals surface area contributed by atoms with Gasteiger partial charge in [0.25, 0.3) is 0 Å². The number of benzene rings is 2. The van der Waals surface area contributed by atoms with Gasteiger partial charge in [0.05, 0.1) is 17.0 Å². The SMILES string of the molecule is Cc1ccc(-c2c(C#N)c(N)nc(SCc3nc(-c4ccccc4)cs3)c2C#N)cc1. The number of pyridine rings is 1. The van der Waals surface area contributed by atoms with E-state index in [-0.39, 0.29) is 11.4 Å². The maximum atomic E-state index is 9.91. The van der Waals surface area contributed by atoms with Gasteiger partial charge in [0.2, 0.25) is 0 Å². The number of hydrogen-bond donors (Lipinski definition) is 1. The van der Waals surface area contributed by atoms with E-state index in [1.165, 1.54) is 11.8 Å². The molecule has 2 aromatic carbocycles. The summed E-state index contributed by atoms with van der Waals surface area (Å²) in [6.07, 6.45) is 0. The van der Waals surface area contributed by atoms with Crippen LogP contribution in [0.3, 0.4) is 0 Å². The molecule has 0 saturated carbocycles. The van der Waals surface area contributed by atoms with E-state index < -0.39 is 0 Å². The molecule has 0 aliphatic rings. The first-order valence-electron chi connectivity index (χ1n) is 9.44. The molecule has 5 nitrogen and oxygen atoms in total. The van der Waals surface area contributed by atoms with Crippen LogP contribution in [-0.2, 0) is 5.75 Å². The van der Waals surface area contributed by atoms with E-state index in [2.05, 4.69) is 17.1 Å². The number of aryl methyl sites for hydroxylation is 1. The average Bonchev–Trinajstić information content (AvgIpc) is 3.27. The van der Waals surface area contributed by atoms with Gasteiger partial charge in [-0.05, 0) is 12.5 Å². The summed E-state index contributed by atoms with van der Waals surface area (Å²) >= 11 is 2.97. The summed E-state index contributed by atoms with van der Waals surface area (Å²) in [7, 11) is 0. The van der Waals surface area contributed by atoms with Crippen LogP contribution in [0.2, 0.25) is 0 Å². The number of nitrogens with two attached hydrogens (primary N) is 1. The molecule has 0 spiro atoms. The van der Waals surface area contributed by atoms with Gasteiger partial charge in [-0.2, -0.15) is 10.5 Å². The highest BCUT2D eigenvalue weighted by Gasteiger charge is 2.21. The lowest BCUT2D eigenvalue weighted by Gasteiger charge is -2.13. The lowest BCUT2D eigenvalue weighted by Crippen LogP contribution is -2.03. The third kappa shape index (κ3) is 4.29. The first-order chi connectivity index (χ1) is 15.1. The molecule has 4 rings (SSSR count). The second-order valence-corrected chi connectivity index (χ2v) is 8.70. The number of anilines is 1. The van der Waals surface area contributed by atoms with Crippen LogP contribution in [0.15, 0.2) is 65.0 Å². The standard InChI is InChI=1S/C24H17N5S2/c1-15-7-9-17(10-8-15)22-18(11-25)23(27)29-24(19(22)12-26)31-14-21-28-20(13-30-21)16-5-3-2-4-6-16/h2-10,13H,14H2,1H3,(H2,27,29). The van der Waals surface area contributed by atoms with Crippen molar-refractivity contribution in [3.05, 3.63) is 81.7 Å². The number of nitriles is 2. The topological polar surface area (TPSA) is 99.4 Å². The van der Waals surface area contributed by atoms with Crippen molar-refractivity contribution >= 4 is 28.9 Å². The van der Waals surface area contributed by atoms with Gasteiger partial charge >= 0.3 is 0 Å². The Bertz CT molecular complexity index is 1310. The van der Waals surface area contributed by atoms with Gasteiger partial charge < -0.3 is 5.73 Å². The van der Waals surface area contributed by atoms with E-state index in [1.54, 1.807) is 11.3 Å². The van der Waals surface area contributed by atoms with E-state index in [1.807, 2.05) is 66.9 Å². The summed E-state index contributed by atoms with van der Waals surface area (Å²) in [6.45, 7) is 1.99. The number of nitrogens with zero attached hydrogens (tertiary/aromatic N) is 4. The molecule has 0 aliphatic carbocycles. The Kier molecular flexibility index (Phi) is 5.99. The lowest BCUT2D eigenvalue weighted by atomic mass is 9.96. The molecule has 0 atom stereocenters. The summed E-state index contributed by atoms with van der Waals surface area (Å²) in [4.78, 5) is 9.07. The maximum Gasteiger partial charge on any atom is 0.143 e. The largest absolute Gasteiger partial charge is 0.383 e. The van der Waals surface area contributed by atoms with E-state index in [0.717, 1.165) is 27.4 Å². The summed E-state index contributed by atoms with van der Waals surface area (Å²) in [6, 6.07) is 22.0. The van der Waals surface area contributed by atoms with Crippen molar-refractivity contribution in [2.45, 2.75) is 17.7 Å². The van der Waals surface area contributed by atoms with Crippen molar-refractivity contribution in [3.8, 4) is 34.5 Å². The molecule has 0 aliphatic heterocycles. The van der Waals surface area contributed by atoms with Gasteiger partial charge in [-0.15, -0.1) is 11.3 Å². The van der Waals surface area contributed by atoms with Gasteiger partial charge in [-0.25, -0.2) is 9.97 Å². The Labute approximate surface area is 188 Å². The molecule has 4 aromatic rings. The average molecular weight is 440 g/mol. The van der Waals surface area contributed by atoms with E-state index >= 15 is 0 Å². The van der Waals surface area contributed by atoms with Gasteiger partial charge in [-0.1, -0.05) is 71.9 Å². The predicted molar refractivity (Wildman–Crippen MR) is 125 cm³/mol. The highest BCUT2D eigenvalue weighted by atomic mass is 32.2. The Balaban J connectivity index is 1.68. The monoisotopic (exact) mass is 439 g/mol. The molecule has 0 fully saturated rings. The first-order valence-corrected chi connectivity index (χ1v) is 11.3. The second kappa shape index (κ2) is 9.01. The van der Waals surface area contributed by atoms with Crippen molar-refractivity contribution in [2.75, 3.05) is 5.73 Å². The highest BCUT2D eigenvalue weighted by molar-refractivity contribution is 7.98. The van der Waals surface area contributed by atoms with Crippen molar-refractivity contribution in [2.24, 2.45) is 0 Å². The fourth-order valence-electron chi connectivity index (χ4n) is 3.16.